The van der Waals surface area contributed by atoms with Gasteiger partial charge in [0.25, 0.3) is 5.91 Å². The van der Waals surface area contributed by atoms with Crippen molar-refractivity contribution in [2.45, 2.75) is 37.9 Å². The number of amides is 3. The van der Waals surface area contributed by atoms with Crippen LogP contribution in [0.1, 0.15) is 30.9 Å². The number of benzene rings is 2. The van der Waals surface area contributed by atoms with Crippen LogP contribution in [0.25, 0.3) is 0 Å². The van der Waals surface area contributed by atoms with E-state index in [1.165, 1.54) is 4.90 Å². The van der Waals surface area contributed by atoms with Crippen molar-refractivity contribution < 1.29 is 14.4 Å². The lowest BCUT2D eigenvalue weighted by Gasteiger charge is -2.37. The van der Waals surface area contributed by atoms with E-state index in [2.05, 4.69) is 4.90 Å². The normalized spacial score (nSPS) is 31.6. The number of para-hydroxylation sites is 1. The fraction of sp³-hybridized carbons (Fsp3) is 0.400. The molecule has 0 aromatic heterocycles. The van der Waals surface area contributed by atoms with Gasteiger partial charge in [0.2, 0.25) is 11.8 Å². The van der Waals surface area contributed by atoms with Gasteiger partial charge in [-0.1, -0.05) is 48.5 Å². The third-order valence-corrected chi connectivity index (χ3v) is 7.74. The smallest absolute Gasteiger partial charge is 0.253 e. The Balaban J connectivity index is 1.51. The van der Waals surface area contributed by atoms with Crippen LogP contribution in [-0.4, -0.2) is 46.7 Å². The fourth-order valence-electron chi connectivity index (χ4n) is 6.64. The van der Waals surface area contributed by atoms with Gasteiger partial charge in [-0.05, 0) is 37.9 Å². The van der Waals surface area contributed by atoms with Crippen LogP contribution in [0.3, 0.4) is 0 Å². The number of carbonyl (C=O) groups is 3. The van der Waals surface area contributed by atoms with Crippen molar-refractivity contribution in [3.05, 3.63) is 65.7 Å². The molecule has 6 rings (SSSR count). The van der Waals surface area contributed by atoms with Gasteiger partial charge in [-0.2, -0.15) is 0 Å². The summed E-state index contributed by atoms with van der Waals surface area (Å²) in [7, 11) is 0. The average Bonchev–Trinajstić information content (AvgIpc) is 3.49. The predicted molar refractivity (Wildman–Crippen MR) is 115 cm³/mol. The second kappa shape index (κ2) is 6.50. The first-order valence-electron chi connectivity index (χ1n) is 11.2. The van der Waals surface area contributed by atoms with E-state index in [4.69, 9.17) is 0 Å². The molecular weight excluding hydrogens is 390 g/mol. The Morgan fingerprint density at radius 1 is 0.935 bits per heavy atom. The zero-order chi connectivity index (χ0) is 21.3. The summed E-state index contributed by atoms with van der Waals surface area (Å²) in [5.41, 5.74) is 1.64. The molecule has 2 aromatic rings. The molecule has 4 atom stereocenters. The molecule has 31 heavy (non-hydrogen) atoms. The number of likely N-dealkylation sites (N-methyl/N-ethyl adjacent to an activating group) is 1. The number of fused-ring (bicyclic) bond motifs is 7. The van der Waals surface area contributed by atoms with Gasteiger partial charge in [0.1, 0.15) is 5.54 Å². The van der Waals surface area contributed by atoms with Crippen LogP contribution in [-0.2, 0) is 26.5 Å². The van der Waals surface area contributed by atoms with Crippen LogP contribution in [0.5, 0.6) is 0 Å². The second-order valence-electron chi connectivity index (χ2n) is 8.99. The summed E-state index contributed by atoms with van der Waals surface area (Å²) in [6.45, 7) is 3.52. The molecule has 1 spiro atoms. The van der Waals surface area contributed by atoms with E-state index in [0.717, 1.165) is 36.2 Å². The minimum absolute atomic E-state index is 0.0432. The van der Waals surface area contributed by atoms with E-state index >= 15 is 0 Å². The van der Waals surface area contributed by atoms with E-state index in [-0.39, 0.29) is 30.3 Å². The molecule has 158 valence electrons. The summed E-state index contributed by atoms with van der Waals surface area (Å²) in [5.74, 6) is -1.47. The zero-order valence-corrected chi connectivity index (χ0v) is 17.5. The molecule has 3 fully saturated rings. The molecule has 4 heterocycles. The first-order valence-corrected chi connectivity index (χ1v) is 11.2. The summed E-state index contributed by atoms with van der Waals surface area (Å²) in [4.78, 5) is 46.9. The molecule has 0 unspecified atom stereocenters. The lowest BCUT2D eigenvalue weighted by molar-refractivity contribution is -0.146. The van der Waals surface area contributed by atoms with E-state index in [1.807, 2.05) is 61.5 Å². The summed E-state index contributed by atoms with van der Waals surface area (Å²) < 4.78 is 0. The molecule has 0 aliphatic carbocycles. The number of hydrogen-bond donors (Lipinski definition) is 0. The van der Waals surface area contributed by atoms with Crippen molar-refractivity contribution >= 4 is 23.4 Å². The van der Waals surface area contributed by atoms with Gasteiger partial charge in [0.05, 0.1) is 18.4 Å². The third kappa shape index (κ3) is 2.18. The van der Waals surface area contributed by atoms with E-state index < -0.39 is 17.4 Å². The maximum absolute atomic E-state index is 14.0. The van der Waals surface area contributed by atoms with Gasteiger partial charge >= 0.3 is 0 Å². The summed E-state index contributed by atoms with van der Waals surface area (Å²) in [6, 6.07) is 17.4. The van der Waals surface area contributed by atoms with Crippen molar-refractivity contribution in [2.24, 2.45) is 11.8 Å². The maximum atomic E-state index is 14.0. The number of carbonyl (C=O) groups excluding carboxylic acids is 3. The quantitative estimate of drug-likeness (QED) is 0.723. The molecule has 3 amide bonds. The number of likely N-dealkylation sites (tertiary alicyclic amines) is 1. The first kappa shape index (κ1) is 18.8. The lowest BCUT2D eigenvalue weighted by Crippen LogP contribution is -2.55. The molecule has 3 saturated heterocycles. The van der Waals surface area contributed by atoms with Crippen molar-refractivity contribution in [3.8, 4) is 0 Å². The van der Waals surface area contributed by atoms with Gasteiger partial charge in [0, 0.05) is 23.8 Å². The molecule has 0 N–H and O–H groups in total. The topological polar surface area (TPSA) is 60.9 Å². The molecule has 0 bridgehead atoms. The highest BCUT2D eigenvalue weighted by molar-refractivity contribution is 6.16. The van der Waals surface area contributed by atoms with E-state index in [9.17, 15) is 14.4 Å². The summed E-state index contributed by atoms with van der Waals surface area (Å²) >= 11 is 0. The summed E-state index contributed by atoms with van der Waals surface area (Å²) in [5, 5.41) is 0. The van der Waals surface area contributed by atoms with Crippen LogP contribution >= 0.6 is 0 Å². The first-order chi connectivity index (χ1) is 15.1. The number of hydrogen-bond acceptors (Lipinski definition) is 4. The minimum atomic E-state index is -1.06. The zero-order valence-electron chi connectivity index (χ0n) is 17.5. The van der Waals surface area contributed by atoms with Crippen molar-refractivity contribution in [2.75, 3.05) is 18.0 Å². The largest absolute Gasteiger partial charge is 0.310 e. The monoisotopic (exact) mass is 415 g/mol. The van der Waals surface area contributed by atoms with Crippen LogP contribution in [0.2, 0.25) is 0 Å². The van der Waals surface area contributed by atoms with Crippen molar-refractivity contribution in [1.82, 2.24) is 9.80 Å². The van der Waals surface area contributed by atoms with Gasteiger partial charge in [-0.15, -0.1) is 0 Å². The highest BCUT2D eigenvalue weighted by atomic mass is 16.2. The molecule has 2 aromatic carbocycles. The Bertz CT molecular complexity index is 1100. The van der Waals surface area contributed by atoms with Crippen LogP contribution in [0.4, 0.5) is 5.69 Å². The van der Waals surface area contributed by atoms with E-state index in [0.29, 0.717) is 6.54 Å². The SMILES string of the molecule is CCN1C(=O)[C@]2(c3ccccc31)[C@@H]1C(=O)N(Cc3ccccc3)C(=O)[C@@H]1[C@@H]1CCCN12. The Kier molecular flexibility index (Phi) is 3.93. The standard InChI is InChI=1S/C25H25N3O3/c1-2-26-18-12-7-6-11-17(18)25(24(26)31)21-20(19-13-8-14-28(19)25)22(29)27(23(21)30)15-16-9-4-3-5-10-16/h3-7,9-12,19-21H,2,8,13-15H2,1H3/t19-,20+,21-,25-/m0/s1. The Hall–Kier alpha value is -2.99. The second-order valence-corrected chi connectivity index (χ2v) is 8.99. The van der Waals surface area contributed by atoms with Crippen LogP contribution in [0, 0.1) is 11.8 Å². The average molecular weight is 415 g/mol. The maximum Gasteiger partial charge on any atom is 0.253 e. The van der Waals surface area contributed by atoms with Crippen molar-refractivity contribution in [1.29, 1.82) is 0 Å². The van der Waals surface area contributed by atoms with Gasteiger partial charge < -0.3 is 4.90 Å². The molecule has 0 saturated carbocycles. The van der Waals surface area contributed by atoms with Crippen molar-refractivity contribution in [3.63, 3.8) is 0 Å². The fourth-order valence-corrected chi connectivity index (χ4v) is 6.64. The highest BCUT2D eigenvalue weighted by Crippen LogP contribution is 2.61. The molecule has 6 nitrogen and oxygen atoms in total. The minimum Gasteiger partial charge on any atom is -0.310 e. The lowest BCUT2D eigenvalue weighted by atomic mass is 9.75. The highest BCUT2D eigenvalue weighted by Gasteiger charge is 2.75. The third-order valence-electron chi connectivity index (χ3n) is 7.74. The van der Waals surface area contributed by atoms with Gasteiger partial charge in [0.15, 0.2) is 0 Å². The van der Waals surface area contributed by atoms with E-state index in [1.54, 1.807) is 4.90 Å². The number of anilines is 1. The number of nitrogens with zero attached hydrogens (tertiary/aromatic N) is 3. The Morgan fingerprint density at radius 2 is 1.68 bits per heavy atom. The summed E-state index contributed by atoms with van der Waals surface area (Å²) in [6.07, 6.45) is 1.79. The van der Waals surface area contributed by atoms with Crippen LogP contribution in [0.15, 0.2) is 54.6 Å². The van der Waals surface area contributed by atoms with Gasteiger partial charge in [-0.3, -0.25) is 24.2 Å². The molecule has 4 aliphatic heterocycles. The number of rotatable bonds is 3. The molecular formula is C25H25N3O3. The Morgan fingerprint density at radius 3 is 2.45 bits per heavy atom. The molecule has 6 heteroatoms. The van der Waals surface area contributed by atoms with Crippen LogP contribution < -0.4 is 4.90 Å². The molecule has 4 aliphatic rings. The number of imide groups is 1. The predicted octanol–water partition coefficient (Wildman–Crippen LogP) is 2.53. The molecule has 0 radical (unpaired) electrons. The van der Waals surface area contributed by atoms with Gasteiger partial charge in [-0.25, -0.2) is 0 Å². The Labute approximate surface area is 181 Å².